The maximum atomic E-state index is 14.6. The van der Waals surface area contributed by atoms with Crippen LogP contribution in [0.4, 0.5) is 16.2 Å². The van der Waals surface area contributed by atoms with E-state index < -0.39 is 67.4 Å². The molecule has 3 aromatic carbocycles. The zero-order valence-electron chi connectivity index (χ0n) is 50.2. The molecular weight excluding hydrogens is 1170 g/mol. The number of nitrogens with zero attached hydrogens (tertiary/aromatic N) is 4. The predicted molar refractivity (Wildman–Crippen MR) is 319 cm³/mol. The van der Waals surface area contributed by atoms with Crippen molar-refractivity contribution < 1.29 is 106 Å². The van der Waals surface area contributed by atoms with Crippen molar-refractivity contribution in [2.24, 2.45) is 10.9 Å². The molecule has 27 nitrogen and oxygen atoms in total. The molecule has 3 aromatic rings. The van der Waals surface area contributed by atoms with Gasteiger partial charge in [0.25, 0.3) is 5.91 Å². The quantitative estimate of drug-likeness (QED) is 0.0209. The van der Waals surface area contributed by atoms with Crippen molar-refractivity contribution in [2.45, 2.75) is 101 Å². The molecule has 0 spiro atoms. The van der Waals surface area contributed by atoms with E-state index >= 15 is 0 Å². The molecule has 0 saturated carbocycles. The number of ketones is 1. The third kappa shape index (κ3) is 17.4. The Labute approximate surface area is 515 Å². The predicted octanol–water partition coefficient (Wildman–Crippen LogP) is 4.10. The van der Waals surface area contributed by atoms with Crippen LogP contribution in [0.3, 0.4) is 0 Å². The molecule has 3 fully saturated rings. The number of carbonyl (C=O) groups excluding carboxylic acids is 3. The molecule has 1 unspecified atom stereocenters. The second-order valence-electron chi connectivity index (χ2n) is 21.6. The van der Waals surface area contributed by atoms with E-state index in [2.05, 4.69) is 29.6 Å². The summed E-state index contributed by atoms with van der Waals surface area (Å²) in [7, 11) is 3.00. The summed E-state index contributed by atoms with van der Waals surface area (Å²) < 4.78 is 68.5. The van der Waals surface area contributed by atoms with Crippen molar-refractivity contribution in [3.8, 4) is 28.7 Å². The molecule has 0 bridgehead atoms. The summed E-state index contributed by atoms with van der Waals surface area (Å²) in [6.45, 7) is 17.1. The van der Waals surface area contributed by atoms with E-state index in [1.165, 1.54) is 32.4 Å². The first-order valence-electron chi connectivity index (χ1n) is 29.5. The molecule has 5 aliphatic heterocycles. The largest absolute Gasteiger partial charge is 0.493 e. The fourth-order valence-corrected chi connectivity index (χ4v) is 10.7. The molecule has 3 saturated heterocycles. The van der Waals surface area contributed by atoms with Crippen LogP contribution in [0.2, 0.25) is 0 Å². The van der Waals surface area contributed by atoms with Crippen LogP contribution in [-0.2, 0) is 49.4 Å². The molecule has 2 amide bonds. The van der Waals surface area contributed by atoms with Gasteiger partial charge in [-0.2, -0.15) is 0 Å². The monoisotopic (exact) mass is 1250 g/mol. The van der Waals surface area contributed by atoms with Gasteiger partial charge >= 0.3 is 12.1 Å². The van der Waals surface area contributed by atoms with Crippen LogP contribution in [0.5, 0.6) is 28.7 Å². The van der Waals surface area contributed by atoms with Crippen LogP contribution in [-0.4, -0.2) is 228 Å². The molecule has 0 aliphatic carbocycles. The van der Waals surface area contributed by atoms with Crippen LogP contribution in [0.1, 0.15) is 76.8 Å². The first kappa shape index (κ1) is 67.7. The van der Waals surface area contributed by atoms with E-state index in [4.69, 9.17) is 62.7 Å². The van der Waals surface area contributed by atoms with Crippen molar-refractivity contribution in [1.29, 1.82) is 0 Å². The van der Waals surface area contributed by atoms with Gasteiger partial charge in [0.1, 0.15) is 30.7 Å². The van der Waals surface area contributed by atoms with Gasteiger partial charge in [0.15, 0.2) is 41.1 Å². The topological polar surface area (TPSA) is 338 Å². The van der Waals surface area contributed by atoms with E-state index in [-0.39, 0.29) is 79.5 Å². The van der Waals surface area contributed by atoms with Crippen molar-refractivity contribution in [3.63, 3.8) is 0 Å². The molecule has 486 valence electrons. The highest BCUT2D eigenvalue weighted by Crippen LogP contribution is 2.46. The summed E-state index contributed by atoms with van der Waals surface area (Å²) in [4.78, 5) is 67.8. The number of aliphatic hydroxyl groups excluding tert-OH is 4. The van der Waals surface area contributed by atoms with Gasteiger partial charge in [-0.1, -0.05) is 36.9 Å². The van der Waals surface area contributed by atoms with Gasteiger partial charge in [0.2, 0.25) is 6.29 Å². The van der Waals surface area contributed by atoms with Crippen molar-refractivity contribution in [1.82, 2.24) is 9.80 Å². The fraction of sp³-hybridized carbons (Fsp3) is 0.532. The zero-order chi connectivity index (χ0) is 63.6. The summed E-state index contributed by atoms with van der Waals surface area (Å²) in [5.74, 6) is 4.00. The molecule has 27 heteroatoms. The molecule has 0 aromatic heterocycles. The molecule has 89 heavy (non-hydrogen) atoms. The van der Waals surface area contributed by atoms with E-state index in [0.29, 0.717) is 144 Å². The van der Waals surface area contributed by atoms with Crippen molar-refractivity contribution in [2.75, 3.05) is 118 Å². The minimum atomic E-state index is -1.99. The van der Waals surface area contributed by atoms with Crippen molar-refractivity contribution in [3.05, 3.63) is 95.6 Å². The average molecular weight is 1250 g/mol. The first-order valence-corrected chi connectivity index (χ1v) is 29.5. The Kier molecular flexibility index (Phi) is 25.1. The number of hydrogen-bond donors (Lipinski definition) is 6. The highest BCUT2D eigenvalue weighted by atomic mass is 16.7. The maximum Gasteiger partial charge on any atom is 0.416 e. The highest BCUT2D eigenvalue weighted by molar-refractivity contribution is 6.04. The number of aliphatic hydroxyl groups is 4. The second kappa shape index (κ2) is 33.0. The lowest BCUT2D eigenvalue weighted by Crippen LogP contribution is -2.61. The Bertz CT molecular complexity index is 3000. The SMILES string of the molecule is C=C1C[C@H]2C=Nc3cc(OCCCCCOc4cc5c(cc4OC)C(=C)N4CC(=C)C[C@H]4C(O)N5C(=O)OCc4ccc(O[C@@H]5O[C@H](C(=O)O)[C@@H](O)[C@H](O)[C@H]5O)c(C(=O)CCCOCCOCCOCCOCCOCCON)c4)c(OC)cc3C(=O)N2C1. The molecule has 8 rings (SSSR count). The lowest BCUT2D eigenvalue weighted by atomic mass is 9.98. The highest BCUT2D eigenvalue weighted by Gasteiger charge is 2.49. The molecule has 5 heterocycles. The number of ether oxygens (including phenoxy) is 12. The van der Waals surface area contributed by atoms with Gasteiger partial charge in [-0.3, -0.25) is 14.6 Å². The van der Waals surface area contributed by atoms with Gasteiger partial charge < -0.3 is 97.0 Å². The van der Waals surface area contributed by atoms with Crippen LogP contribution < -0.4 is 34.5 Å². The van der Waals surface area contributed by atoms with E-state index in [1.54, 1.807) is 35.4 Å². The number of unbranched alkanes of at least 4 members (excludes halogenated alkanes) is 2. The van der Waals surface area contributed by atoms with Gasteiger partial charge in [-0.25, -0.2) is 20.4 Å². The number of carboxylic acid groups (broad SMARTS) is 1. The van der Waals surface area contributed by atoms with Crippen LogP contribution >= 0.6 is 0 Å². The number of rotatable bonds is 35. The normalized spacial score (nSPS) is 22.0. The van der Waals surface area contributed by atoms with E-state index in [9.17, 15) is 44.7 Å². The number of nitrogens with two attached hydrogens (primary N) is 1. The number of anilines is 1. The minimum absolute atomic E-state index is 0.0776. The number of amides is 2. The van der Waals surface area contributed by atoms with E-state index in [0.717, 1.165) is 16.0 Å². The van der Waals surface area contributed by atoms with Gasteiger partial charge in [0, 0.05) is 55.7 Å². The van der Waals surface area contributed by atoms with Gasteiger partial charge in [-0.15, -0.1) is 0 Å². The number of carbonyl (C=O) groups is 4. The first-order chi connectivity index (χ1) is 43.0. The number of carboxylic acids is 1. The Balaban J connectivity index is 0.888. The van der Waals surface area contributed by atoms with Crippen LogP contribution in [0, 0.1) is 0 Å². The summed E-state index contributed by atoms with van der Waals surface area (Å²) in [5.41, 5.74) is 4.08. The smallest absolute Gasteiger partial charge is 0.416 e. The third-order valence-electron chi connectivity index (χ3n) is 15.3. The lowest BCUT2D eigenvalue weighted by Gasteiger charge is -2.38. The third-order valence-corrected chi connectivity index (χ3v) is 15.3. The fourth-order valence-electron chi connectivity index (χ4n) is 10.7. The lowest BCUT2D eigenvalue weighted by molar-refractivity contribution is -0.271. The summed E-state index contributed by atoms with van der Waals surface area (Å²) >= 11 is 0. The summed E-state index contributed by atoms with van der Waals surface area (Å²) in [6.07, 6.45) is -7.35. The Morgan fingerprint density at radius 3 is 1.89 bits per heavy atom. The second-order valence-corrected chi connectivity index (χ2v) is 21.6. The molecule has 8 atom stereocenters. The number of hydrogen-bond acceptors (Lipinski definition) is 24. The van der Waals surface area contributed by atoms with Crippen LogP contribution in [0.25, 0.3) is 5.70 Å². The van der Waals surface area contributed by atoms with Gasteiger partial charge in [0.05, 0.1) is 128 Å². The number of benzene rings is 3. The summed E-state index contributed by atoms with van der Waals surface area (Å²) in [6, 6.07) is 10.0. The molecular formula is C62H81N5O22. The standard InChI is InChI=1S/C62H81N5O22/c1-37-26-41-33-64-45-31-52(51(78-5)30-43(45)58(72)66(41)35-37)84-14-7-6-8-15-85-53-32-46-42(29-50(53)77-4)39(3)65-34-38(2)27-47(65)59(73)67(46)62(76)86-36-40-11-12-49(88-61-56(71)54(69)55(70)57(89-61)60(74)75)44(28-40)48(68)10-9-13-79-16-17-80-18-19-81-20-21-82-22-23-83-24-25-87-63/h11-12,28-33,41,47,54-57,59,61,69-71,73H,1-3,6-10,13-27,34-36,63H2,4-5H3,(H,74,75)/t41-,47-,54-,55-,56+,57-,59?,61+/m0/s1. The Hall–Kier alpha value is -7.25. The summed E-state index contributed by atoms with van der Waals surface area (Å²) in [5, 5.41) is 53.5. The Morgan fingerprint density at radius 1 is 0.663 bits per heavy atom. The molecule has 0 radical (unpaired) electrons. The zero-order valence-corrected chi connectivity index (χ0v) is 50.2. The average Bonchev–Trinajstić information content (AvgIpc) is 2.31. The maximum absolute atomic E-state index is 14.6. The number of aliphatic imine (C=N–C) groups is 1. The van der Waals surface area contributed by atoms with Crippen molar-refractivity contribution >= 4 is 47.0 Å². The Morgan fingerprint density at radius 2 is 1.26 bits per heavy atom. The number of aliphatic carboxylic acids is 1. The molecule has 5 aliphatic rings. The van der Waals surface area contributed by atoms with Crippen LogP contribution in [0.15, 0.2) is 78.3 Å². The number of fused-ring (bicyclic) bond motifs is 4. The minimum Gasteiger partial charge on any atom is -0.493 e. The number of Topliss-reactive ketones (excluding diaryl/α,β-unsaturated/α-hetero) is 1. The van der Waals surface area contributed by atoms with Gasteiger partial charge in [-0.05, 0) is 68.4 Å². The molecule has 7 N–H and O–H groups in total. The van der Waals surface area contributed by atoms with E-state index in [1.807, 2.05) is 4.90 Å². The number of methoxy groups -OCH3 is 2.